The van der Waals surface area contributed by atoms with Gasteiger partial charge in [0.15, 0.2) is 12.2 Å². The maximum Gasteiger partial charge on any atom is 0.472 e. The Morgan fingerprint density at radius 3 is 0.687 bits per heavy atom. The third-order valence-corrected chi connectivity index (χ3v) is 20.6. The number of aliphatic hydroxyl groups is 1. The van der Waals surface area contributed by atoms with Gasteiger partial charge < -0.3 is 33.8 Å². The van der Waals surface area contributed by atoms with Gasteiger partial charge in [-0.25, -0.2) is 9.13 Å². The number of hydrogen-bond acceptors (Lipinski definition) is 15. The van der Waals surface area contributed by atoms with Crippen molar-refractivity contribution in [3.63, 3.8) is 0 Å². The number of carbonyl (C=O) groups excluding carboxylic acids is 4. The van der Waals surface area contributed by atoms with Crippen molar-refractivity contribution in [3.05, 3.63) is 0 Å². The van der Waals surface area contributed by atoms with Gasteiger partial charge in [-0.3, -0.25) is 37.3 Å². The molecule has 0 spiro atoms. The van der Waals surface area contributed by atoms with Crippen molar-refractivity contribution in [1.29, 1.82) is 0 Å². The molecule has 17 nitrogen and oxygen atoms in total. The zero-order valence-corrected chi connectivity index (χ0v) is 66.6. The van der Waals surface area contributed by atoms with E-state index in [1.54, 1.807) is 0 Å². The Labute approximate surface area is 607 Å². The molecule has 2 unspecified atom stereocenters. The third-order valence-electron chi connectivity index (χ3n) is 18.7. The smallest absolute Gasteiger partial charge is 0.462 e. The minimum absolute atomic E-state index is 0.107. The van der Waals surface area contributed by atoms with E-state index in [1.165, 1.54) is 238 Å². The Bertz CT molecular complexity index is 1910. The molecule has 3 N–H and O–H groups in total. The van der Waals surface area contributed by atoms with E-state index in [0.717, 1.165) is 102 Å². The van der Waals surface area contributed by atoms with Crippen molar-refractivity contribution < 1.29 is 80.2 Å². The summed E-state index contributed by atoms with van der Waals surface area (Å²) in [5.41, 5.74) is 0. The molecule has 588 valence electrons. The number of aliphatic hydroxyl groups excluding tert-OH is 1. The second kappa shape index (κ2) is 71.7. The Kier molecular flexibility index (Phi) is 70.3. The fourth-order valence-electron chi connectivity index (χ4n) is 12.4. The molecule has 5 atom stereocenters. The molecule has 0 aromatic heterocycles. The van der Waals surface area contributed by atoms with Crippen molar-refractivity contribution in [2.75, 3.05) is 39.6 Å². The Morgan fingerprint density at radius 1 is 0.273 bits per heavy atom. The van der Waals surface area contributed by atoms with E-state index in [1.807, 2.05) is 0 Å². The van der Waals surface area contributed by atoms with Crippen molar-refractivity contribution in [3.8, 4) is 0 Å². The average Bonchev–Trinajstić information content (AvgIpc) is 0.983. The minimum Gasteiger partial charge on any atom is -0.462 e. The first-order chi connectivity index (χ1) is 47.9. The van der Waals surface area contributed by atoms with Crippen molar-refractivity contribution >= 4 is 39.5 Å². The molecule has 0 saturated carbocycles. The largest absolute Gasteiger partial charge is 0.472 e. The summed E-state index contributed by atoms with van der Waals surface area (Å²) in [6.07, 6.45) is 61.2. The van der Waals surface area contributed by atoms with Crippen LogP contribution < -0.4 is 0 Å². The zero-order valence-electron chi connectivity index (χ0n) is 64.8. The monoisotopic (exact) mass is 1450 g/mol. The Balaban J connectivity index is 5.20. The molecule has 0 heterocycles. The summed E-state index contributed by atoms with van der Waals surface area (Å²) in [7, 11) is -9.92. The lowest BCUT2D eigenvalue weighted by Crippen LogP contribution is -2.30. The van der Waals surface area contributed by atoms with Gasteiger partial charge in [0.25, 0.3) is 0 Å². The fraction of sp³-hybridized carbons (Fsp3) is 0.950. The van der Waals surface area contributed by atoms with E-state index in [4.69, 9.17) is 37.0 Å². The number of hydrogen-bond donors (Lipinski definition) is 3. The molecule has 0 amide bonds. The van der Waals surface area contributed by atoms with E-state index in [2.05, 4.69) is 41.5 Å². The van der Waals surface area contributed by atoms with E-state index >= 15 is 0 Å². The quantitative estimate of drug-likeness (QED) is 0.0222. The van der Waals surface area contributed by atoms with Crippen molar-refractivity contribution in [2.45, 2.75) is 439 Å². The van der Waals surface area contributed by atoms with Crippen LogP contribution in [0.3, 0.4) is 0 Å². The van der Waals surface area contributed by atoms with Gasteiger partial charge in [-0.1, -0.05) is 369 Å². The van der Waals surface area contributed by atoms with E-state index < -0.39 is 97.5 Å². The predicted molar refractivity (Wildman–Crippen MR) is 405 cm³/mol. The van der Waals surface area contributed by atoms with Gasteiger partial charge in [-0.05, 0) is 37.5 Å². The van der Waals surface area contributed by atoms with Crippen LogP contribution in [0.25, 0.3) is 0 Å². The van der Waals surface area contributed by atoms with Crippen LogP contribution in [0, 0.1) is 11.8 Å². The zero-order chi connectivity index (χ0) is 72.8. The Hall–Kier alpha value is -1.94. The van der Waals surface area contributed by atoms with Crippen LogP contribution in [0.4, 0.5) is 0 Å². The molecule has 0 saturated heterocycles. The predicted octanol–water partition coefficient (Wildman–Crippen LogP) is 23.9. The molecule has 0 rings (SSSR count). The lowest BCUT2D eigenvalue weighted by molar-refractivity contribution is -0.161. The van der Waals surface area contributed by atoms with Gasteiger partial charge in [-0.2, -0.15) is 0 Å². The second-order valence-corrected chi connectivity index (χ2v) is 32.7. The standard InChI is InChI=1S/C80H156O17P2/c1-7-9-11-13-15-17-19-21-22-23-24-25-26-27-28-29-30-34-39-47-53-59-65-80(85)96-75(68-90-77(82)62-56-50-44-37-35-31-32-36-42-48-54-60-72(3)4)70-94-98(86,87)92-66-74(81)67-93-99(88,89)95-71-76(69-91-78(83)63-57-51-45-41-40-43-49-55-61-73(5)6)97-79(84)64-58-52-46-38-33-20-18-16-14-12-10-8-2/h72-76,81H,7-71H2,1-6H3,(H,86,87)(H,88,89)/t74-,75-,76-/m1/s1. The third kappa shape index (κ3) is 74.1. The number of rotatable bonds is 79. The summed E-state index contributed by atoms with van der Waals surface area (Å²) in [5.74, 6) is -0.614. The summed E-state index contributed by atoms with van der Waals surface area (Å²) in [6.45, 7) is 9.59. The highest BCUT2D eigenvalue weighted by atomic mass is 31.2. The van der Waals surface area contributed by atoms with Crippen LogP contribution in [-0.4, -0.2) is 96.7 Å². The fourth-order valence-corrected chi connectivity index (χ4v) is 13.9. The summed E-state index contributed by atoms with van der Waals surface area (Å²) < 4.78 is 68.6. The van der Waals surface area contributed by atoms with Gasteiger partial charge in [0.2, 0.25) is 0 Å². The van der Waals surface area contributed by atoms with Crippen molar-refractivity contribution in [1.82, 2.24) is 0 Å². The molecule has 19 heteroatoms. The van der Waals surface area contributed by atoms with Crippen molar-refractivity contribution in [2.24, 2.45) is 11.8 Å². The van der Waals surface area contributed by atoms with Gasteiger partial charge in [0, 0.05) is 25.7 Å². The Morgan fingerprint density at radius 2 is 0.465 bits per heavy atom. The molecule has 0 aromatic rings. The van der Waals surface area contributed by atoms with E-state index in [-0.39, 0.29) is 25.7 Å². The molecule has 0 bridgehead atoms. The molecule has 0 fully saturated rings. The SMILES string of the molecule is CCCCCCCCCCCCCCCCCCCCCCCCC(=O)O[C@H](COC(=O)CCCCCCCCCCCCCC(C)C)COP(=O)(O)OC[C@@H](O)COP(=O)(O)OC[C@@H](COC(=O)CCCCCCCCCCC(C)C)OC(=O)CCCCCCCCCCCCCC. The highest BCUT2D eigenvalue weighted by Crippen LogP contribution is 2.45. The normalized spacial score (nSPS) is 13.9. The van der Waals surface area contributed by atoms with Gasteiger partial charge in [-0.15, -0.1) is 0 Å². The van der Waals surface area contributed by atoms with Gasteiger partial charge in [0.1, 0.15) is 19.3 Å². The molecule has 0 aliphatic rings. The number of unbranched alkanes of at least 4 members (excludes halogenated alkanes) is 49. The van der Waals surface area contributed by atoms with Crippen LogP contribution in [0.5, 0.6) is 0 Å². The first-order valence-electron chi connectivity index (χ1n) is 41.5. The molecule has 0 aliphatic heterocycles. The minimum atomic E-state index is -4.96. The van der Waals surface area contributed by atoms with E-state index in [9.17, 15) is 43.2 Å². The molecule has 0 aromatic carbocycles. The molecule has 99 heavy (non-hydrogen) atoms. The van der Waals surface area contributed by atoms with Crippen LogP contribution in [0.2, 0.25) is 0 Å². The maximum absolute atomic E-state index is 13.1. The molecular formula is C80H156O17P2. The molecular weight excluding hydrogens is 1290 g/mol. The second-order valence-electron chi connectivity index (χ2n) is 29.8. The van der Waals surface area contributed by atoms with Crippen LogP contribution in [0.1, 0.15) is 420 Å². The molecule has 0 aliphatic carbocycles. The summed E-state index contributed by atoms with van der Waals surface area (Å²) >= 11 is 0. The number of phosphoric ester groups is 2. The molecule has 0 radical (unpaired) electrons. The summed E-state index contributed by atoms with van der Waals surface area (Å²) in [5, 5.41) is 10.6. The maximum atomic E-state index is 13.1. The average molecular weight is 1450 g/mol. The van der Waals surface area contributed by atoms with Gasteiger partial charge >= 0.3 is 39.5 Å². The number of phosphoric acid groups is 2. The van der Waals surface area contributed by atoms with Crippen LogP contribution in [-0.2, 0) is 65.4 Å². The number of ether oxygens (including phenoxy) is 4. The lowest BCUT2D eigenvalue weighted by atomic mass is 10.0. The number of esters is 4. The van der Waals surface area contributed by atoms with Crippen LogP contribution >= 0.6 is 15.6 Å². The first kappa shape index (κ1) is 97.1. The van der Waals surface area contributed by atoms with E-state index in [0.29, 0.717) is 25.7 Å². The summed E-state index contributed by atoms with van der Waals surface area (Å²) in [4.78, 5) is 72.9. The lowest BCUT2D eigenvalue weighted by Gasteiger charge is -2.21. The number of carbonyl (C=O) groups is 4. The summed E-state index contributed by atoms with van der Waals surface area (Å²) in [6, 6.07) is 0. The van der Waals surface area contributed by atoms with Gasteiger partial charge in [0.05, 0.1) is 26.4 Å². The highest BCUT2D eigenvalue weighted by molar-refractivity contribution is 7.47. The first-order valence-corrected chi connectivity index (χ1v) is 44.5. The van der Waals surface area contributed by atoms with Crippen LogP contribution in [0.15, 0.2) is 0 Å². The highest BCUT2D eigenvalue weighted by Gasteiger charge is 2.30. The topological polar surface area (TPSA) is 237 Å².